The van der Waals surface area contributed by atoms with Gasteiger partial charge in [0.1, 0.15) is 5.60 Å². The van der Waals surface area contributed by atoms with Crippen molar-refractivity contribution in [2.75, 3.05) is 18.4 Å². The predicted molar refractivity (Wildman–Crippen MR) is 86.5 cm³/mol. The van der Waals surface area contributed by atoms with E-state index in [0.717, 1.165) is 12.1 Å². The van der Waals surface area contributed by atoms with Crippen LogP contribution in [0.25, 0.3) is 0 Å². The topological polar surface area (TPSA) is 76.4 Å². The van der Waals surface area contributed by atoms with E-state index in [-0.39, 0.29) is 6.04 Å². The van der Waals surface area contributed by atoms with Gasteiger partial charge in [0.2, 0.25) is 0 Å². The van der Waals surface area contributed by atoms with Gasteiger partial charge in [0.15, 0.2) is 0 Å². The number of carbonyl (C=O) groups excluding carboxylic acids is 1. The predicted octanol–water partition coefficient (Wildman–Crippen LogP) is 2.65. The zero-order valence-electron chi connectivity index (χ0n) is 13.4. The molecule has 1 unspecified atom stereocenters. The number of hydrogen-bond donors (Lipinski definition) is 3. The first-order valence-corrected chi connectivity index (χ1v) is 7.30. The Bertz CT molecular complexity index is 438. The molecular weight excluding hydrogens is 266 g/mol. The van der Waals surface area contributed by atoms with Crippen molar-refractivity contribution in [2.24, 2.45) is 5.73 Å². The Morgan fingerprint density at radius 3 is 2.43 bits per heavy atom. The van der Waals surface area contributed by atoms with Gasteiger partial charge in [-0.05, 0) is 46.2 Å². The first-order valence-electron chi connectivity index (χ1n) is 7.30. The first kappa shape index (κ1) is 17.3. The molecule has 5 nitrogen and oxygen atoms in total. The Morgan fingerprint density at radius 1 is 1.29 bits per heavy atom. The molecule has 1 aromatic rings. The second kappa shape index (κ2) is 7.88. The highest BCUT2D eigenvalue weighted by molar-refractivity contribution is 5.67. The molecule has 0 spiro atoms. The van der Waals surface area contributed by atoms with Crippen molar-refractivity contribution in [3.8, 4) is 0 Å². The minimum absolute atomic E-state index is 0.114. The summed E-state index contributed by atoms with van der Waals surface area (Å²) in [6.07, 6.45) is 0.345. The third-order valence-electron chi connectivity index (χ3n) is 2.87. The molecule has 0 radical (unpaired) electrons. The number of ether oxygens (including phenoxy) is 1. The van der Waals surface area contributed by atoms with E-state index in [4.69, 9.17) is 10.5 Å². The molecule has 1 rings (SSSR count). The molecule has 0 bridgehead atoms. The van der Waals surface area contributed by atoms with Gasteiger partial charge in [-0.1, -0.05) is 17.7 Å². The Balaban J connectivity index is 2.34. The van der Waals surface area contributed by atoms with Crippen LogP contribution in [0.15, 0.2) is 24.3 Å². The van der Waals surface area contributed by atoms with Crippen LogP contribution in [0.4, 0.5) is 10.5 Å². The Labute approximate surface area is 127 Å². The van der Waals surface area contributed by atoms with Crippen molar-refractivity contribution < 1.29 is 9.53 Å². The second-order valence-corrected chi connectivity index (χ2v) is 6.16. The lowest BCUT2D eigenvalue weighted by atomic mass is 10.1. The van der Waals surface area contributed by atoms with Crippen LogP contribution < -0.4 is 16.4 Å². The summed E-state index contributed by atoms with van der Waals surface area (Å²) in [4.78, 5) is 11.5. The molecule has 0 aromatic heterocycles. The van der Waals surface area contributed by atoms with Crippen LogP contribution in [0.1, 0.15) is 32.8 Å². The Kier molecular flexibility index (Phi) is 6.49. The maximum absolute atomic E-state index is 11.5. The van der Waals surface area contributed by atoms with Crippen LogP contribution in [0.3, 0.4) is 0 Å². The zero-order valence-corrected chi connectivity index (χ0v) is 13.4. The quantitative estimate of drug-likeness (QED) is 0.753. The van der Waals surface area contributed by atoms with Gasteiger partial charge in [-0.15, -0.1) is 0 Å². The summed E-state index contributed by atoms with van der Waals surface area (Å²) in [5.41, 5.74) is 7.54. The number of anilines is 1. The number of hydrogen-bond acceptors (Lipinski definition) is 4. The van der Waals surface area contributed by atoms with Crippen molar-refractivity contribution in [1.82, 2.24) is 5.32 Å². The highest BCUT2D eigenvalue weighted by Gasteiger charge is 2.16. The van der Waals surface area contributed by atoms with Gasteiger partial charge in [0.05, 0.1) is 0 Å². The molecule has 21 heavy (non-hydrogen) atoms. The Hall–Kier alpha value is -1.75. The summed E-state index contributed by atoms with van der Waals surface area (Å²) in [6, 6.07) is 8.27. The minimum Gasteiger partial charge on any atom is -0.444 e. The highest BCUT2D eigenvalue weighted by Crippen LogP contribution is 2.11. The van der Waals surface area contributed by atoms with Gasteiger partial charge in [-0.3, -0.25) is 0 Å². The van der Waals surface area contributed by atoms with Crippen molar-refractivity contribution in [3.63, 3.8) is 0 Å². The molecule has 0 saturated carbocycles. The number of alkyl carbamates (subject to hydrolysis) is 1. The summed E-state index contributed by atoms with van der Waals surface area (Å²) < 4.78 is 5.18. The number of amides is 1. The van der Waals surface area contributed by atoms with Gasteiger partial charge in [0, 0.05) is 24.8 Å². The number of nitrogens with two attached hydrogens (primary N) is 1. The number of rotatable bonds is 6. The average Bonchev–Trinajstić information content (AvgIpc) is 2.38. The fourth-order valence-corrected chi connectivity index (χ4v) is 1.80. The molecule has 4 N–H and O–H groups in total. The van der Waals surface area contributed by atoms with Gasteiger partial charge in [0.25, 0.3) is 0 Å². The molecule has 1 aromatic carbocycles. The smallest absolute Gasteiger partial charge is 0.407 e. The molecule has 1 amide bonds. The molecule has 118 valence electrons. The van der Waals surface area contributed by atoms with Crippen molar-refractivity contribution in [1.29, 1.82) is 0 Å². The van der Waals surface area contributed by atoms with E-state index in [0.29, 0.717) is 13.1 Å². The zero-order chi connectivity index (χ0) is 15.9. The van der Waals surface area contributed by atoms with E-state index < -0.39 is 11.7 Å². The van der Waals surface area contributed by atoms with Gasteiger partial charge < -0.3 is 21.1 Å². The summed E-state index contributed by atoms with van der Waals surface area (Å²) in [5, 5.41) is 6.10. The van der Waals surface area contributed by atoms with E-state index >= 15 is 0 Å². The van der Waals surface area contributed by atoms with Crippen LogP contribution >= 0.6 is 0 Å². The number of aryl methyl sites for hydroxylation is 1. The van der Waals surface area contributed by atoms with Crippen molar-refractivity contribution in [3.05, 3.63) is 29.8 Å². The van der Waals surface area contributed by atoms with Gasteiger partial charge in [-0.2, -0.15) is 0 Å². The third-order valence-corrected chi connectivity index (χ3v) is 2.87. The lowest BCUT2D eigenvalue weighted by molar-refractivity contribution is 0.0527. The SMILES string of the molecule is Cc1ccc(NC(CN)CCNC(=O)OC(C)(C)C)cc1. The van der Waals surface area contributed by atoms with Gasteiger partial charge >= 0.3 is 6.09 Å². The number of nitrogens with one attached hydrogen (secondary N) is 2. The molecule has 0 heterocycles. The van der Waals surface area contributed by atoms with Crippen molar-refractivity contribution in [2.45, 2.75) is 45.8 Å². The minimum atomic E-state index is -0.475. The summed E-state index contributed by atoms with van der Waals surface area (Å²) in [7, 11) is 0. The molecule has 0 aliphatic rings. The van der Waals surface area contributed by atoms with Crippen LogP contribution in [-0.4, -0.2) is 30.8 Å². The molecule has 0 aliphatic carbocycles. The normalized spacial score (nSPS) is 12.6. The fraction of sp³-hybridized carbons (Fsp3) is 0.562. The summed E-state index contributed by atoms with van der Waals surface area (Å²) in [5.74, 6) is 0. The monoisotopic (exact) mass is 293 g/mol. The van der Waals surface area contributed by atoms with Gasteiger partial charge in [-0.25, -0.2) is 4.79 Å². The third kappa shape index (κ3) is 7.56. The standard InChI is InChI=1S/C16H27N3O2/c1-12-5-7-13(8-6-12)19-14(11-17)9-10-18-15(20)21-16(2,3)4/h5-8,14,19H,9-11,17H2,1-4H3,(H,18,20). The number of carbonyl (C=O) groups is 1. The lowest BCUT2D eigenvalue weighted by Gasteiger charge is -2.21. The molecular formula is C16H27N3O2. The van der Waals surface area contributed by atoms with Crippen molar-refractivity contribution >= 4 is 11.8 Å². The fourth-order valence-electron chi connectivity index (χ4n) is 1.80. The molecule has 0 saturated heterocycles. The highest BCUT2D eigenvalue weighted by atomic mass is 16.6. The maximum atomic E-state index is 11.5. The average molecular weight is 293 g/mol. The lowest BCUT2D eigenvalue weighted by Crippen LogP contribution is -2.37. The van der Waals surface area contributed by atoms with Crippen LogP contribution in [0, 0.1) is 6.92 Å². The van der Waals surface area contributed by atoms with Crippen LogP contribution in [0.2, 0.25) is 0 Å². The number of benzene rings is 1. The summed E-state index contributed by atoms with van der Waals surface area (Å²) in [6.45, 7) is 8.60. The largest absolute Gasteiger partial charge is 0.444 e. The van der Waals surface area contributed by atoms with Crippen LogP contribution in [0.5, 0.6) is 0 Å². The first-order chi connectivity index (χ1) is 9.80. The molecule has 1 atom stereocenters. The Morgan fingerprint density at radius 2 is 1.90 bits per heavy atom. The van der Waals surface area contributed by atoms with E-state index in [2.05, 4.69) is 29.7 Å². The molecule has 0 fully saturated rings. The van der Waals surface area contributed by atoms with E-state index in [9.17, 15) is 4.79 Å². The van der Waals surface area contributed by atoms with E-state index in [1.807, 2.05) is 32.9 Å². The molecule has 5 heteroatoms. The van der Waals surface area contributed by atoms with E-state index in [1.165, 1.54) is 5.56 Å². The van der Waals surface area contributed by atoms with Crippen LogP contribution in [-0.2, 0) is 4.74 Å². The molecule has 0 aliphatic heterocycles. The summed E-state index contributed by atoms with van der Waals surface area (Å²) >= 11 is 0. The van der Waals surface area contributed by atoms with E-state index in [1.54, 1.807) is 0 Å². The second-order valence-electron chi connectivity index (χ2n) is 6.16. The maximum Gasteiger partial charge on any atom is 0.407 e.